The molecule has 12 nitrogen and oxygen atoms in total. The van der Waals surface area contributed by atoms with Crippen molar-refractivity contribution in [2.24, 2.45) is 0 Å². The quantitative estimate of drug-likeness (QED) is 0.322. The Labute approximate surface area is 74.4 Å². The van der Waals surface area contributed by atoms with Crippen LogP contribution in [0.25, 0.3) is 0 Å². The highest BCUT2D eigenvalue weighted by atomic mass is 16.6. The van der Waals surface area contributed by atoms with Crippen molar-refractivity contribution in [3.63, 3.8) is 0 Å². The first-order valence-corrected chi connectivity index (χ1v) is 3.20. The van der Waals surface area contributed by atoms with Crippen LogP contribution in [-0.4, -0.2) is 51.0 Å². The third kappa shape index (κ3) is 1.19. The summed E-state index contributed by atoms with van der Waals surface area (Å²) in [6.07, 6.45) is 0. The van der Waals surface area contributed by atoms with E-state index in [4.69, 9.17) is 0 Å². The van der Waals surface area contributed by atoms with Crippen molar-refractivity contribution in [3.8, 4) is 0 Å². The van der Waals surface area contributed by atoms with E-state index in [0.29, 0.717) is 0 Å². The maximum Gasteiger partial charge on any atom is 0.509 e. The van der Waals surface area contributed by atoms with E-state index in [1.807, 2.05) is 10.4 Å². The molecule has 12 heteroatoms. The molecule has 0 spiro atoms. The van der Waals surface area contributed by atoms with Gasteiger partial charge in [-0.25, -0.2) is 0 Å². The lowest BCUT2D eigenvalue weighted by Crippen LogP contribution is -2.10. The van der Waals surface area contributed by atoms with Gasteiger partial charge >= 0.3 is 11.9 Å². The number of hydrogen-bond donors (Lipinski definition) is 2. The van der Waals surface area contributed by atoms with E-state index in [1.54, 1.807) is 0 Å². The summed E-state index contributed by atoms with van der Waals surface area (Å²) >= 11 is 0. The highest BCUT2D eigenvalue weighted by Crippen LogP contribution is 2.03. The number of nitrogens with one attached hydrogen (secondary N) is 2. The molecule has 0 bridgehead atoms. The van der Waals surface area contributed by atoms with E-state index in [0.717, 1.165) is 0 Å². The number of aromatic nitrogens is 8. The monoisotopic (exact) mass is 198 g/mol. The maximum absolute atomic E-state index is 11.1. The predicted molar refractivity (Wildman–Crippen MR) is 34.9 cm³/mol. The molecule has 2 rings (SSSR count). The summed E-state index contributed by atoms with van der Waals surface area (Å²) in [6.45, 7) is 0. The van der Waals surface area contributed by atoms with E-state index in [-0.39, 0.29) is 9.72 Å². The molecule has 14 heavy (non-hydrogen) atoms. The summed E-state index contributed by atoms with van der Waals surface area (Å²) in [5, 5.41) is 45.6. The summed E-state index contributed by atoms with van der Waals surface area (Å²) in [7, 11) is 0. The minimum atomic E-state index is -0.454. The lowest BCUT2D eigenvalue weighted by molar-refractivity contribution is -0.902. The highest BCUT2D eigenvalue weighted by molar-refractivity contribution is 4.93. The second kappa shape index (κ2) is 3.00. The van der Waals surface area contributed by atoms with Crippen LogP contribution in [0.2, 0.25) is 0 Å². The van der Waals surface area contributed by atoms with Gasteiger partial charge in [0.1, 0.15) is 0 Å². The molecule has 0 aliphatic rings. The van der Waals surface area contributed by atoms with Crippen molar-refractivity contribution in [3.05, 3.63) is 10.4 Å². The Bertz CT molecular complexity index is 384. The van der Waals surface area contributed by atoms with Crippen LogP contribution in [0.1, 0.15) is 0 Å². The number of rotatable bonds is 2. The zero-order valence-corrected chi connectivity index (χ0v) is 6.39. The molecule has 0 saturated heterocycles. The van der Waals surface area contributed by atoms with E-state index in [9.17, 15) is 10.4 Å². The van der Waals surface area contributed by atoms with Crippen molar-refractivity contribution in [1.82, 2.24) is 41.2 Å². The molecule has 72 valence electrons. The summed E-state index contributed by atoms with van der Waals surface area (Å²) in [5.41, 5.74) is 0. The molecule has 2 aromatic heterocycles. The molecule has 0 aliphatic carbocycles. The van der Waals surface area contributed by atoms with Crippen LogP contribution >= 0.6 is 0 Å². The number of hydrogen-bond acceptors (Lipinski definition) is 8. The lowest BCUT2D eigenvalue weighted by atomic mass is 11.0. The van der Waals surface area contributed by atoms with Crippen LogP contribution in [-0.2, 0) is 0 Å². The lowest BCUT2D eigenvalue weighted by Gasteiger charge is -2.07. The van der Waals surface area contributed by atoms with Crippen molar-refractivity contribution in [1.29, 1.82) is 0 Å². The Kier molecular flexibility index (Phi) is 1.71. The van der Waals surface area contributed by atoms with Gasteiger partial charge in [0.05, 0.1) is 10.2 Å². The van der Waals surface area contributed by atoms with Gasteiger partial charge in [0, 0.05) is 20.6 Å². The molecule has 0 unspecified atom stereocenters. The molecule has 0 aromatic carbocycles. The van der Waals surface area contributed by atoms with Gasteiger partial charge in [-0.2, -0.15) is 0 Å². The number of nitrogens with zero attached hydrogens (tertiary/aromatic N) is 8. The fourth-order valence-electron chi connectivity index (χ4n) is 0.638. The zero-order valence-electron chi connectivity index (χ0n) is 6.39. The molecule has 2 heterocycles. The molecule has 0 fully saturated rings. The van der Waals surface area contributed by atoms with Crippen LogP contribution in [0.3, 0.4) is 0 Å². The molecule has 0 aliphatic heterocycles. The zero-order chi connectivity index (χ0) is 9.97. The highest BCUT2D eigenvalue weighted by Gasteiger charge is 2.17. The third-order valence-electron chi connectivity index (χ3n) is 1.18. The Morgan fingerprint density at radius 3 is 1.57 bits per heavy atom. The molecule has 0 amide bonds. The van der Waals surface area contributed by atoms with E-state index in [2.05, 4.69) is 30.8 Å². The topological polar surface area (TPSA) is 161 Å². The van der Waals surface area contributed by atoms with Gasteiger partial charge in [-0.3, -0.25) is 0 Å². The fourth-order valence-corrected chi connectivity index (χ4v) is 0.638. The number of H-pyrrole nitrogens is 2. The average Bonchev–Trinajstić information content (AvgIpc) is 2.87. The smallest absolute Gasteiger partial charge is 0.509 e. The van der Waals surface area contributed by atoms with Crippen LogP contribution in [0.15, 0.2) is 0 Å². The number of aromatic amines is 2. The molecule has 0 atom stereocenters. The first-order valence-electron chi connectivity index (χ1n) is 3.20. The second-order valence-corrected chi connectivity index (χ2v) is 1.97. The van der Waals surface area contributed by atoms with Gasteiger partial charge < -0.3 is 10.4 Å². The molecule has 0 saturated carbocycles. The molecule has 2 N–H and O–H groups in total. The first kappa shape index (κ1) is 7.96. The summed E-state index contributed by atoms with van der Waals surface area (Å²) in [6, 6.07) is 0. The van der Waals surface area contributed by atoms with Crippen LogP contribution in [0, 0.1) is 10.4 Å². The van der Waals surface area contributed by atoms with Gasteiger partial charge in [0.15, 0.2) is 0 Å². The van der Waals surface area contributed by atoms with Gasteiger partial charge in [-0.15, -0.1) is 9.72 Å². The van der Waals surface area contributed by atoms with Gasteiger partial charge in [0.2, 0.25) is 0 Å². The first-order chi connectivity index (χ1) is 6.79. The van der Waals surface area contributed by atoms with Crippen LogP contribution in [0.5, 0.6) is 0 Å². The van der Waals surface area contributed by atoms with Crippen molar-refractivity contribution in [2.75, 3.05) is 0 Å². The third-order valence-corrected chi connectivity index (χ3v) is 1.18. The maximum atomic E-state index is 11.1. The Morgan fingerprint density at radius 2 is 1.29 bits per heavy atom. The molecule has 0 radical (unpaired) electrons. The fraction of sp³-hybridized carbons (Fsp3) is 0. The summed E-state index contributed by atoms with van der Waals surface area (Å²) < 4.78 is 0. The SMILES string of the molecule is [O-]/[N+](c1nn[nH]n1)=[N+](/[O-])c1nn[nH]n1. The minimum absolute atomic E-state index is 0.186. The molecule has 2 aromatic rings. The Morgan fingerprint density at radius 1 is 0.857 bits per heavy atom. The Hall–Kier alpha value is -2.66. The summed E-state index contributed by atoms with van der Waals surface area (Å²) in [4.78, 5) is -0.372. The second-order valence-electron chi connectivity index (χ2n) is 1.97. The van der Waals surface area contributed by atoms with Crippen molar-refractivity contribution >= 4 is 11.9 Å². The van der Waals surface area contributed by atoms with Crippen LogP contribution in [0.4, 0.5) is 11.9 Å². The molecular formula is C2H2N10O2. The largest absolute Gasteiger partial charge is 0.712 e. The number of tetrazole rings is 2. The standard InChI is InChI=1S/C2H2N10O2/c13-11(1-3-7-8-4-1)12(14)2-5-9-10-6-2/h(H,3,4,7,8)(H,5,6,9,10)/b12-11+. The van der Waals surface area contributed by atoms with Gasteiger partial charge in [-0.05, 0) is 0 Å². The summed E-state index contributed by atoms with van der Waals surface area (Å²) in [5.74, 6) is -0.908. The van der Waals surface area contributed by atoms with Gasteiger partial charge in [-0.1, -0.05) is 10.4 Å². The van der Waals surface area contributed by atoms with Crippen molar-refractivity contribution < 1.29 is 9.72 Å². The van der Waals surface area contributed by atoms with Crippen molar-refractivity contribution in [2.45, 2.75) is 0 Å². The molecular weight excluding hydrogens is 196 g/mol. The van der Waals surface area contributed by atoms with E-state index < -0.39 is 11.9 Å². The predicted octanol–water partition coefficient (Wildman–Crippen LogP) is -1.85. The average molecular weight is 198 g/mol. The van der Waals surface area contributed by atoms with E-state index in [1.165, 1.54) is 0 Å². The minimum Gasteiger partial charge on any atom is -0.712 e. The van der Waals surface area contributed by atoms with E-state index >= 15 is 0 Å². The van der Waals surface area contributed by atoms with Crippen LogP contribution < -0.4 is 0 Å². The number of azo groups is 1. The normalized spacial score (nSPS) is 12.6. The van der Waals surface area contributed by atoms with Gasteiger partial charge in [0.25, 0.3) is 0 Å². The Balaban J connectivity index is 2.41.